The molecular formula is C22H28N2. The van der Waals surface area contributed by atoms with Crippen LogP contribution in [0, 0.1) is 0 Å². The lowest BCUT2D eigenvalue weighted by atomic mass is 9.79. The van der Waals surface area contributed by atoms with Crippen LogP contribution >= 0.6 is 0 Å². The predicted octanol–water partition coefficient (Wildman–Crippen LogP) is 4.66. The van der Waals surface area contributed by atoms with Crippen LogP contribution in [0.25, 0.3) is 0 Å². The molecule has 4 atom stereocenters. The van der Waals surface area contributed by atoms with Gasteiger partial charge in [-0.15, -0.1) is 0 Å². The van der Waals surface area contributed by atoms with Crippen LogP contribution in [0.1, 0.15) is 48.9 Å². The fourth-order valence-electron chi connectivity index (χ4n) is 5.04. The van der Waals surface area contributed by atoms with Crippen molar-refractivity contribution >= 4 is 0 Å². The van der Waals surface area contributed by atoms with E-state index in [-0.39, 0.29) is 0 Å². The number of hydrogen-bond acceptors (Lipinski definition) is 2. The highest BCUT2D eigenvalue weighted by atomic mass is 15.3. The Morgan fingerprint density at radius 1 is 0.625 bits per heavy atom. The monoisotopic (exact) mass is 320 g/mol. The van der Waals surface area contributed by atoms with Gasteiger partial charge in [0.1, 0.15) is 0 Å². The van der Waals surface area contributed by atoms with Crippen LogP contribution in [-0.2, 0) is 0 Å². The van der Waals surface area contributed by atoms with E-state index in [0.717, 1.165) is 0 Å². The van der Waals surface area contributed by atoms with Gasteiger partial charge in [0.2, 0.25) is 0 Å². The molecule has 2 aromatic carbocycles. The second-order valence-corrected chi connectivity index (χ2v) is 7.46. The molecule has 2 nitrogen and oxygen atoms in total. The molecule has 126 valence electrons. The van der Waals surface area contributed by atoms with Crippen LogP contribution < -0.4 is 0 Å². The van der Waals surface area contributed by atoms with Crippen molar-refractivity contribution in [3.63, 3.8) is 0 Å². The molecule has 0 bridgehead atoms. The quantitative estimate of drug-likeness (QED) is 0.794. The van der Waals surface area contributed by atoms with Gasteiger partial charge in [0.05, 0.1) is 12.1 Å². The van der Waals surface area contributed by atoms with Crippen LogP contribution in [0.4, 0.5) is 0 Å². The van der Waals surface area contributed by atoms with Crippen molar-refractivity contribution in [2.45, 2.75) is 49.9 Å². The number of hydrogen-bond donors (Lipinski definition) is 0. The lowest BCUT2D eigenvalue weighted by Gasteiger charge is -2.56. The molecule has 1 aliphatic heterocycles. The maximum Gasteiger partial charge on any atom is 0.0545 e. The van der Waals surface area contributed by atoms with E-state index >= 15 is 0 Å². The van der Waals surface area contributed by atoms with Gasteiger partial charge in [0, 0.05) is 12.1 Å². The average Bonchev–Trinajstić information content (AvgIpc) is 2.66. The first-order valence-corrected chi connectivity index (χ1v) is 9.31. The van der Waals surface area contributed by atoms with Crippen LogP contribution in [0.2, 0.25) is 0 Å². The van der Waals surface area contributed by atoms with Gasteiger partial charge >= 0.3 is 0 Å². The Hall–Kier alpha value is -1.64. The van der Waals surface area contributed by atoms with Crippen molar-refractivity contribution in [1.82, 2.24) is 9.80 Å². The zero-order valence-electron chi connectivity index (χ0n) is 14.8. The summed E-state index contributed by atoms with van der Waals surface area (Å²) in [6.07, 6.45) is 5.40. The van der Waals surface area contributed by atoms with Crippen LogP contribution in [0.3, 0.4) is 0 Å². The van der Waals surface area contributed by atoms with Gasteiger partial charge in [0.25, 0.3) is 0 Å². The van der Waals surface area contributed by atoms with E-state index in [0.29, 0.717) is 24.2 Å². The molecule has 0 aromatic heterocycles. The molecule has 24 heavy (non-hydrogen) atoms. The van der Waals surface area contributed by atoms with Crippen molar-refractivity contribution in [3.8, 4) is 0 Å². The van der Waals surface area contributed by atoms with Gasteiger partial charge in [-0.25, -0.2) is 0 Å². The molecule has 4 unspecified atom stereocenters. The molecular weight excluding hydrogens is 292 g/mol. The maximum absolute atomic E-state index is 2.68. The van der Waals surface area contributed by atoms with Crippen LogP contribution in [0.15, 0.2) is 60.7 Å². The molecule has 1 saturated heterocycles. The summed E-state index contributed by atoms with van der Waals surface area (Å²) in [6, 6.07) is 24.3. The Morgan fingerprint density at radius 2 is 1.00 bits per heavy atom. The Balaban J connectivity index is 1.79. The highest BCUT2D eigenvalue weighted by molar-refractivity contribution is 5.29. The van der Waals surface area contributed by atoms with Crippen LogP contribution in [0.5, 0.6) is 0 Å². The highest BCUT2D eigenvalue weighted by Gasteiger charge is 2.46. The smallest absolute Gasteiger partial charge is 0.0545 e. The van der Waals surface area contributed by atoms with Crippen molar-refractivity contribution in [1.29, 1.82) is 0 Å². The molecule has 0 amide bonds. The number of benzene rings is 2. The Morgan fingerprint density at radius 3 is 1.38 bits per heavy atom. The minimum Gasteiger partial charge on any atom is -0.293 e. The molecule has 4 rings (SSSR count). The van der Waals surface area contributed by atoms with E-state index in [4.69, 9.17) is 0 Å². The third kappa shape index (κ3) is 2.68. The molecule has 0 spiro atoms. The number of fused-ring (bicyclic) bond motifs is 1. The Labute approximate surface area is 146 Å². The first-order chi connectivity index (χ1) is 11.8. The van der Waals surface area contributed by atoms with Gasteiger partial charge in [-0.05, 0) is 38.1 Å². The number of nitrogens with zero attached hydrogens (tertiary/aromatic N) is 2. The topological polar surface area (TPSA) is 6.48 Å². The van der Waals surface area contributed by atoms with E-state index in [2.05, 4.69) is 84.6 Å². The molecule has 2 fully saturated rings. The molecule has 2 heteroatoms. The highest BCUT2D eigenvalue weighted by Crippen LogP contribution is 2.46. The zero-order chi connectivity index (χ0) is 16.5. The molecule has 0 radical (unpaired) electrons. The van der Waals surface area contributed by atoms with E-state index in [1.54, 1.807) is 0 Å². The SMILES string of the molecule is CN1C2CCCCC2N(C)C(c2ccccc2)C1c1ccccc1. The number of piperazine rings is 1. The van der Waals surface area contributed by atoms with E-state index in [9.17, 15) is 0 Å². The third-order valence-electron chi connectivity index (χ3n) is 6.20. The normalized spacial score (nSPS) is 31.6. The zero-order valence-corrected chi connectivity index (χ0v) is 14.8. The van der Waals surface area contributed by atoms with E-state index < -0.39 is 0 Å². The standard InChI is InChI=1S/C22H28N2/c1-23-19-15-9-10-16-20(19)24(2)22(18-13-7-4-8-14-18)21(23)17-11-5-3-6-12-17/h3-8,11-14,19-22H,9-10,15-16H2,1-2H3. The van der Waals surface area contributed by atoms with Gasteiger partial charge in [-0.1, -0.05) is 73.5 Å². The second kappa shape index (κ2) is 6.70. The third-order valence-corrected chi connectivity index (χ3v) is 6.20. The molecule has 2 aromatic rings. The van der Waals surface area contributed by atoms with Crippen molar-refractivity contribution in [2.24, 2.45) is 0 Å². The van der Waals surface area contributed by atoms with Gasteiger partial charge in [-0.2, -0.15) is 0 Å². The van der Waals surface area contributed by atoms with Gasteiger partial charge in [0.15, 0.2) is 0 Å². The summed E-state index contributed by atoms with van der Waals surface area (Å²) in [7, 11) is 4.70. The minimum absolute atomic E-state index is 0.415. The first-order valence-electron chi connectivity index (χ1n) is 9.31. The van der Waals surface area contributed by atoms with E-state index in [1.165, 1.54) is 36.8 Å². The number of likely N-dealkylation sites (N-methyl/N-ethyl adjacent to an activating group) is 2. The lowest BCUT2D eigenvalue weighted by molar-refractivity contribution is -0.0579. The maximum atomic E-state index is 2.68. The summed E-state index contributed by atoms with van der Waals surface area (Å²) < 4.78 is 0. The fourth-order valence-corrected chi connectivity index (χ4v) is 5.04. The molecule has 1 saturated carbocycles. The fraction of sp³-hybridized carbons (Fsp3) is 0.455. The summed E-state index contributed by atoms with van der Waals surface area (Å²) in [6.45, 7) is 0. The summed E-state index contributed by atoms with van der Waals surface area (Å²) in [5.41, 5.74) is 2.87. The molecule has 2 aliphatic rings. The van der Waals surface area contributed by atoms with Crippen molar-refractivity contribution in [2.75, 3.05) is 14.1 Å². The molecule has 1 aliphatic carbocycles. The van der Waals surface area contributed by atoms with Crippen LogP contribution in [-0.4, -0.2) is 36.0 Å². The minimum atomic E-state index is 0.415. The average molecular weight is 320 g/mol. The lowest BCUT2D eigenvalue weighted by Crippen LogP contribution is -2.60. The van der Waals surface area contributed by atoms with Crippen molar-refractivity contribution < 1.29 is 0 Å². The first kappa shape index (κ1) is 15.9. The van der Waals surface area contributed by atoms with E-state index in [1.807, 2.05) is 0 Å². The summed E-state index contributed by atoms with van der Waals surface area (Å²) in [4.78, 5) is 5.35. The Kier molecular flexibility index (Phi) is 4.43. The summed E-state index contributed by atoms with van der Waals surface area (Å²) in [5.74, 6) is 0. The van der Waals surface area contributed by atoms with Gasteiger partial charge in [-0.3, -0.25) is 9.80 Å². The second-order valence-electron chi connectivity index (χ2n) is 7.46. The molecule has 1 heterocycles. The Bertz CT molecular complexity index is 595. The van der Waals surface area contributed by atoms with Crippen molar-refractivity contribution in [3.05, 3.63) is 71.8 Å². The predicted molar refractivity (Wildman–Crippen MR) is 99.9 cm³/mol. The largest absolute Gasteiger partial charge is 0.293 e. The van der Waals surface area contributed by atoms with Gasteiger partial charge < -0.3 is 0 Å². The number of rotatable bonds is 2. The molecule has 0 N–H and O–H groups in total. The summed E-state index contributed by atoms with van der Waals surface area (Å²) in [5, 5.41) is 0. The summed E-state index contributed by atoms with van der Waals surface area (Å²) >= 11 is 0.